The van der Waals surface area contributed by atoms with Crippen molar-refractivity contribution in [3.05, 3.63) is 64.4 Å². The Morgan fingerprint density at radius 3 is 2.55 bits per heavy atom. The molecule has 2 aromatic carbocycles. The molecule has 0 spiro atoms. The lowest BCUT2D eigenvalue weighted by Crippen LogP contribution is -2.28. The summed E-state index contributed by atoms with van der Waals surface area (Å²) in [5.41, 5.74) is 1.27. The van der Waals surface area contributed by atoms with Gasteiger partial charge in [-0.25, -0.2) is 4.39 Å². The van der Waals surface area contributed by atoms with E-state index in [1.807, 2.05) is 31.2 Å². The van der Waals surface area contributed by atoms with Gasteiger partial charge in [-0.15, -0.1) is 0 Å². The van der Waals surface area contributed by atoms with Crippen molar-refractivity contribution in [1.82, 2.24) is 5.32 Å². The van der Waals surface area contributed by atoms with Crippen molar-refractivity contribution in [2.24, 2.45) is 0 Å². The number of hydrogen-bond donors (Lipinski definition) is 1. The van der Waals surface area contributed by atoms with Crippen molar-refractivity contribution >= 4 is 17.5 Å². The third-order valence-electron chi connectivity index (χ3n) is 3.36. The fraction of sp³-hybridized carbons (Fsp3) is 0.235. The second-order valence-corrected chi connectivity index (χ2v) is 5.41. The van der Waals surface area contributed by atoms with Crippen LogP contribution in [0, 0.1) is 5.82 Å². The van der Waals surface area contributed by atoms with Gasteiger partial charge in [0.05, 0.1) is 19.6 Å². The quantitative estimate of drug-likeness (QED) is 0.906. The lowest BCUT2D eigenvalue weighted by Gasteiger charge is -2.15. The van der Waals surface area contributed by atoms with E-state index in [0.717, 1.165) is 11.3 Å². The van der Waals surface area contributed by atoms with Crippen LogP contribution in [-0.4, -0.2) is 13.0 Å². The van der Waals surface area contributed by atoms with Crippen LogP contribution < -0.4 is 10.1 Å². The molecule has 2 rings (SSSR count). The van der Waals surface area contributed by atoms with E-state index in [9.17, 15) is 9.18 Å². The van der Waals surface area contributed by atoms with Crippen LogP contribution in [0.1, 0.15) is 24.1 Å². The van der Waals surface area contributed by atoms with Crippen LogP contribution in [0.15, 0.2) is 42.5 Å². The molecular weight excluding hydrogens is 305 g/mol. The Balaban J connectivity index is 1.98. The van der Waals surface area contributed by atoms with Crippen LogP contribution >= 0.6 is 11.6 Å². The molecule has 0 aliphatic heterocycles. The Morgan fingerprint density at radius 2 is 1.95 bits per heavy atom. The summed E-state index contributed by atoms with van der Waals surface area (Å²) in [5, 5.41) is 3.16. The summed E-state index contributed by atoms with van der Waals surface area (Å²) in [6.07, 6.45) is -0.0243. The summed E-state index contributed by atoms with van der Waals surface area (Å²) in [6, 6.07) is 11.5. The van der Waals surface area contributed by atoms with Gasteiger partial charge in [0.1, 0.15) is 11.6 Å². The van der Waals surface area contributed by atoms with Gasteiger partial charge in [-0.3, -0.25) is 4.79 Å². The van der Waals surface area contributed by atoms with Gasteiger partial charge in [-0.05, 0) is 42.3 Å². The van der Waals surface area contributed by atoms with Crippen LogP contribution in [0.2, 0.25) is 5.02 Å². The second kappa shape index (κ2) is 7.27. The van der Waals surface area contributed by atoms with E-state index in [1.54, 1.807) is 13.2 Å². The van der Waals surface area contributed by atoms with Gasteiger partial charge in [0.15, 0.2) is 0 Å². The van der Waals surface area contributed by atoms with Gasteiger partial charge in [0, 0.05) is 5.02 Å². The average molecular weight is 322 g/mol. The van der Waals surface area contributed by atoms with Crippen molar-refractivity contribution < 1.29 is 13.9 Å². The number of rotatable bonds is 5. The largest absolute Gasteiger partial charge is 0.497 e. The minimum atomic E-state index is -0.472. The van der Waals surface area contributed by atoms with Crippen molar-refractivity contribution in [2.45, 2.75) is 19.4 Å². The number of nitrogens with one attached hydrogen (secondary N) is 1. The zero-order valence-corrected chi connectivity index (χ0v) is 13.2. The molecule has 1 amide bonds. The second-order valence-electron chi connectivity index (χ2n) is 4.97. The third-order valence-corrected chi connectivity index (χ3v) is 3.59. The van der Waals surface area contributed by atoms with Gasteiger partial charge in [0.25, 0.3) is 0 Å². The molecule has 116 valence electrons. The molecule has 5 heteroatoms. The summed E-state index contributed by atoms with van der Waals surface area (Å²) < 4.78 is 18.8. The molecule has 0 aliphatic rings. The molecule has 1 unspecified atom stereocenters. The number of methoxy groups -OCH3 is 1. The summed E-state index contributed by atoms with van der Waals surface area (Å²) in [6.45, 7) is 1.87. The molecular formula is C17H17ClFNO2. The number of hydrogen-bond acceptors (Lipinski definition) is 2. The molecule has 0 saturated carbocycles. The van der Waals surface area contributed by atoms with Gasteiger partial charge < -0.3 is 10.1 Å². The first-order valence-corrected chi connectivity index (χ1v) is 7.24. The number of amides is 1. The summed E-state index contributed by atoms with van der Waals surface area (Å²) >= 11 is 5.69. The molecule has 0 aromatic heterocycles. The Morgan fingerprint density at radius 1 is 1.27 bits per heavy atom. The maximum atomic E-state index is 13.7. The topological polar surface area (TPSA) is 38.3 Å². The maximum Gasteiger partial charge on any atom is 0.225 e. The fourth-order valence-corrected chi connectivity index (χ4v) is 2.27. The smallest absolute Gasteiger partial charge is 0.225 e. The number of ether oxygens (including phenoxy) is 1. The predicted molar refractivity (Wildman–Crippen MR) is 84.7 cm³/mol. The molecule has 3 nitrogen and oxygen atoms in total. The first-order valence-electron chi connectivity index (χ1n) is 6.87. The van der Waals surface area contributed by atoms with E-state index < -0.39 is 5.82 Å². The Labute approximate surface area is 134 Å². The molecule has 0 heterocycles. The van der Waals surface area contributed by atoms with Gasteiger partial charge >= 0.3 is 0 Å². The van der Waals surface area contributed by atoms with Gasteiger partial charge in [-0.2, -0.15) is 0 Å². The monoisotopic (exact) mass is 321 g/mol. The molecule has 2 aromatic rings. The average Bonchev–Trinajstić information content (AvgIpc) is 2.50. The normalized spacial score (nSPS) is 11.8. The Bertz CT molecular complexity index is 658. The zero-order valence-electron chi connectivity index (χ0n) is 12.4. The Kier molecular flexibility index (Phi) is 5.39. The van der Waals surface area contributed by atoms with Gasteiger partial charge in [0.2, 0.25) is 5.91 Å². The highest BCUT2D eigenvalue weighted by Gasteiger charge is 2.12. The fourth-order valence-electron chi connectivity index (χ4n) is 2.11. The van der Waals surface area contributed by atoms with Crippen LogP contribution in [0.4, 0.5) is 4.39 Å². The molecule has 0 aliphatic carbocycles. The van der Waals surface area contributed by atoms with Crippen LogP contribution in [0.3, 0.4) is 0 Å². The lowest BCUT2D eigenvalue weighted by molar-refractivity contribution is -0.121. The van der Waals surface area contributed by atoms with E-state index in [1.165, 1.54) is 12.1 Å². The maximum absolute atomic E-state index is 13.7. The van der Waals surface area contributed by atoms with Crippen molar-refractivity contribution in [3.8, 4) is 5.75 Å². The summed E-state index contributed by atoms with van der Waals surface area (Å²) in [7, 11) is 1.60. The minimum Gasteiger partial charge on any atom is -0.497 e. The van der Waals surface area contributed by atoms with E-state index in [-0.39, 0.29) is 18.4 Å². The zero-order chi connectivity index (χ0) is 16.1. The molecule has 1 N–H and O–H groups in total. The molecule has 0 bridgehead atoms. The van der Waals surface area contributed by atoms with E-state index >= 15 is 0 Å². The summed E-state index contributed by atoms with van der Waals surface area (Å²) in [4.78, 5) is 12.0. The number of benzene rings is 2. The van der Waals surface area contributed by atoms with Crippen LogP contribution in [-0.2, 0) is 11.2 Å². The van der Waals surface area contributed by atoms with E-state index in [0.29, 0.717) is 10.6 Å². The highest BCUT2D eigenvalue weighted by atomic mass is 35.5. The highest BCUT2D eigenvalue weighted by molar-refractivity contribution is 6.30. The number of carbonyl (C=O) groups is 1. The SMILES string of the molecule is COc1ccc(C(C)NC(=O)Cc2ccc(Cl)cc2F)cc1. The first kappa shape index (κ1) is 16.3. The van der Waals surface area contributed by atoms with Gasteiger partial charge in [-0.1, -0.05) is 29.8 Å². The van der Waals surface area contributed by atoms with Crippen LogP contribution in [0.25, 0.3) is 0 Å². The molecule has 0 radical (unpaired) electrons. The third kappa shape index (κ3) is 4.21. The Hall–Kier alpha value is -2.07. The first-order chi connectivity index (χ1) is 10.5. The van der Waals surface area contributed by atoms with E-state index in [4.69, 9.17) is 16.3 Å². The highest BCUT2D eigenvalue weighted by Crippen LogP contribution is 2.18. The van der Waals surface area contributed by atoms with Crippen molar-refractivity contribution in [3.63, 3.8) is 0 Å². The van der Waals surface area contributed by atoms with Crippen LogP contribution in [0.5, 0.6) is 5.75 Å². The number of halogens is 2. The minimum absolute atomic E-state index is 0.0243. The van der Waals surface area contributed by atoms with Crippen molar-refractivity contribution in [1.29, 1.82) is 0 Å². The molecule has 1 atom stereocenters. The number of carbonyl (C=O) groups excluding carboxylic acids is 1. The molecule has 22 heavy (non-hydrogen) atoms. The molecule has 0 fully saturated rings. The predicted octanol–water partition coefficient (Wildman–Crippen LogP) is 3.91. The molecule has 0 saturated heterocycles. The lowest BCUT2D eigenvalue weighted by atomic mass is 10.1. The standard InChI is InChI=1S/C17H17ClFNO2/c1-11(12-4-7-15(22-2)8-5-12)20-17(21)9-13-3-6-14(18)10-16(13)19/h3-8,10-11H,9H2,1-2H3,(H,20,21). The summed E-state index contributed by atoms with van der Waals surface area (Å²) in [5.74, 6) is 0.0369. The van der Waals surface area contributed by atoms with Crippen molar-refractivity contribution in [2.75, 3.05) is 7.11 Å². The van der Waals surface area contributed by atoms with E-state index in [2.05, 4.69) is 5.32 Å².